The molecule has 1 aliphatic carbocycles. The van der Waals surface area contributed by atoms with Gasteiger partial charge in [0.25, 0.3) is 0 Å². The molecule has 0 aromatic rings. The second kappa shape index (κ2) is 6.05. The molecule has 0 aromatic carbocycles. The fourth-order valence-electron chi connectivity index (χ4n) is 3.50. The molecule has 3 nitrogen and oxygen atoms in total. The molecule has 2 fully saturated rings. The SMILES string of the molecule is CC1(C(=O)O)CCN(CCCC2CCCCC2)C1. The van der Waals surface area contributed by atoms with Crippen molar-refractivity contribution in [1.82, 2.24) is 4.90 Å². The van der Waals surface area contributed by atoms with Gasteiger partial charge in [0.05, 0.1) is 5.41 Å². The summed E-state index contributed by atoms with van der Waals surface area (Å²) in [6.45, 7) is 4.69. The maximum atomic E-state index is 11.2. The zero-order valence-electron chi connectivity index (χ0n) is 11.7. The van der Waals surface area contributed by atoms with Crippen LogP contribution in [-0.4, -0.2) is 35.6 Å². The average Bonchev–Trinajstić information content (AvgIpc) is 2.74. The highest BCUT2D eigenvalue weighted by Gasteiger charge is 2.39. The van der Waals surface area contributed by atoms with Crippen LogP contribution >= 0.6 is 0 Å². The smallest absolute Gasteiger partial charge is 0.310 e. The molecule has 2 aliphatic rings. The summed E-state index contributed by atoms with van der Waals surface area (Å²) in [5.41, 5.74) is -0.495. The van der Waals surface area contributed by atoms with E-state index >= 15 is 0 Å². The highest BCUT2D eigenvalue weighted by atomic mass is 16.4. The molecule has 0 radical (unpaired) electrons. The Bertz CT molecular complexity index is 286. The number of hydrogen-bond acceptors (Lipinski definition) is 2. The standard InChI is InChI=1S/C15H27NO2/c1-15(14(17)18)9-11-16(12-15)10-5-8-13-6-3-2-4-7-13/h13H,2-12H2,1H3,(H,17,18). The van der Waals surface area contributed by atoms with E-state index in [1.807, 2.05) is 6.92 Å². The van der Waals surface area contributed by atoms with Crippen LogP contribution in [0.15, 0.2) is 0 Å². The Morgan fingerprint density at radius 1 is 1.33 bits per heavy atom. The lowest BCUT2D eigenvalue weighted by Gasteiger charge is -2.23. The van der Waals surface area contributed by atoms with Crippen LogP contribution in [0.25, 0.3) is 0 Å². The van der Waals surface area contributed by atoms with E-state index in [1.165, 1.54) is 44.9 Å². The van der Waals surface area contributed by atoms with Crippen molar-refractivity contribution in [3.63, 3.8) is 0 Å². The Morgan fingerprint density at radius 3 is 2.67 bits per heavy atom. The number of nitrogens with zero attached hydrogens (tertiary/aromatic N) is 1. The van der Waals surface area contributed by atoms with Crippen molar-refractivity contribution >= 4 is 5.97 Å². The van der Waals surface area contributed by atoms with Crippen LogP contribution in [0.5, 0.6) is 0 Å². The van der Waals surface area contributed by atoms with E-state index in [0.29, 0.717) is 0 Å². The van der Waals surface area contributed by atoms with Gasteiger partial charge in [-0.25, -0.2) is 0 Å². The molecule has 1 saturated heterocycles. The van der Waals surface area contributed by atoms with Crippen LogP contribution in [-0.2, 0) is 4.79 Å². The number of hydrogen-bond donors (Lipinski definition) is 1. The van der Waals surface area contributed by atoms with E-state index in [4.69, 9.17) is 0 Å². The van der Waals surface area contributed by atoms with E-state index in [9.17, 15) is 9.90 Å². The lowest BCUT2D eigenvalue weighted by atomic mass is 9.86. The molecule has 1 N–H and O–H groups in total. The van der Waals surface area contributed by atoms with E-state index in [1.54, 1.807) is 0 Å². The van der Waals surface area contributed by atoms with Crippen molar-refractivity contribution in [1.29, 1.82) is 0 Å². The minimum Gasteiger partial charge on any atom is -0.481 e. The van der Waals surface area contributed by atoms with Crippen molar-refractivity contribution < 1.29 is 9.90 Å². The van der Waals surface area contributed by atoms with Gasteiger partial charge in [-0.15, -0.1) is 0 Å². The van der Waals surface area contributed by atoms with Gasteiger partial charge in [-0.3, -0.25) is 4.79 Å². The van der Waals surface area contributed by atoms with Crippen LogP contribution in [0.2, 0.25) is 0 Å². The topological polar surface area (TPSA) is 40.5 Å². The molecule has 1 saturated carbocycles. The predicted octanol–water partition coefficient (Wildman–Crippen LogP) is 3.14. The summed E-state index contributed by atoms with van der Waals surface area (Å²) in [5.74, 6) is 0.324. The number of carboxylic acid groups (broad SMARTS) is 1. The van der Waals surface area contributed by atoms with Gasteiger partial charge >= 0.3 is 5.97 Å². The Balaban J connectivity index is 1.64. The molecule has 104 valence electrons. The Labute approximate surface area is 111 Å². The lowest BCUT2D eigenvalue weighted by molar-refractivity contribution is -0.147. The normalized spacial score (nSPS) is 30.7. The Morgan fingerprint density at radius 2 is 2.06 bits per heavy atom. The second-order valence-electron chi connectivity index (χ2n) is 6.54. The number of carbonyl (C=O) groups is 1. The molecule has 0 amide bonds. The van der Waals surface area contributed by atoms with E-state index in [-0.39, 0.29) is 0 Å². The quantitative estimate of drug-likeness (QED) is 0.818. The van der Waals surface area contributed by atoms with Crippen molar-refractivity contribution in [3.05, 3.63) is 0 Å². The second-order valence-corrected chi connectivity index (χ2v) is 6.54. The van der Waals surface area contributed by atoms with Crippen molar-refractivity contribution in [2.24, 2.45) is 11.3 Å². The number of likely N-dealkylation sites (tertiary alicyclic amines) is 1. The van der Waals surface area contributed by atoms with Crippen molar-refractivity contribution in [2.75, 3.05) is 19.6 Å². The molecule has 3 heteroatoms. The average molecular weight is 253 g/mol. The first-order valence-corrected chi connectivity index (χ1v) is 7.56. The third kappa shape index (κ3) is 3.47. The maximum Gasteiger partial charge on any atom is 0.310 e. The molecule has 0 spiro atoms. The van der Waals surface area contributed by atoms with Gasteiger partial charge in [-0.1, -0.05) is 32.1 Å². The highest BCUT2D eigenvalue weighted by molar-refractivity contribution is 5.74. The van der Waals surface area contributed by atoms with Crippen molar-refractivity contribution in [3.8, 4) is 0 Å². The lowest BCUT2D eigenvalue weighted by Crippen LogP contribution is -2.32. The van der Waals surface area contributed by atoms with Crippen molar-refractivity contribution in [2.45, 2.75) is 58.3 Å². The summed E-state index contributed by atoms with van der Waals surface area (Å²) in [6, 6.07) is 0. The van der Waals surface area contributed by atoms with Gasteiger partial charge in [0.1, 0.15) is 0 Å². The third-order valence-corrected chi connectivity index (χ3v) is 4.88. The van der Waals surface area contributed by atoms with E-state index in [2.05, 4.69) is 4.90 Å². The van der Waals surface area contributed by atoms with Crippen LogP contribution in [0, 0.1) is 11.3 Å². The molecule has 1 unspecified atom stereocenters. The van der Waals surface area contributed by atoms with E-state index < -0.39 is 11.4 Å². The third-order valence-electron chi connectivity index (χ3n) is 4.88. The molecule has 1 heterocycles. The number of carboxylic acids is 1. The molecule has 1 aliphatic heterocycles. The zero-order chi connectivity index (χ0) is 13.0. The maximum absolute atomic E-state index is 11.2. The minimum atomic E-state index is -0.628. The highest BCUT2D eigenvalue weighted by Crippen LogP contribution is 2.31. The fraction of sp³-hybridized carbons (Fsp3) is 0.933. The summed E-state index contributed by atoms with van der Waals surface area (Å²) >= 11 is 0. The summed E-state index contributed by atoms with van der Waals surface area (Å²) in [6.07, 6.45) is 10.5. The van der Waals surface area contributed by atoms with Gasteiger partial charge in [0.2, 0.25) is 0 Å². The Hall–Kier alpha value is -0.570. The van der Waals surface area contributed by atoms with Crippen LogP contribution in [0.1, 0.15) is 58.3 Å². The van der Waals surface area contributed by atoms with Crippen LogP contribution in [0.4, 0.5) is 0 Å². The summed E-state index contributed by atoms with van der Waals surface area (Å²) in [7, 11) is 0. The molecule has 0 bridgehead atoms. The zero-order valence-corrected chi connectivity index (χ0v) is 11.7. The molecule has 0 aromatic heterocycles. The fourth-order valence-corrected chi connectivity index (χ4v) is 3.50. The first-order chi connectivity index (χ1) is 8.60. The Kier molecular flexibility index (Phi) is 4.66. The van der Waals surface area contributed by atoms with E-state index in [0.717, 1.165) is 32.0 Å². The summed E-state index contributed by atoms with van der Waals surface area (Å²) in [4.78, 5) is 13.5. The van der Waals surface area contributed by atoms with Gasteiger partial charge in [-0.05, 0) is 45.2 Å². The molecular formula is C15H27NO2. The predicted molar refractivity (Wildman–Crippen MR) is 72.6 cm³/mol. The summed E-state index contributed by atoms with van der Waals surface area (Å²) < 4.78 is 0. The largest absolute Gasteiger partial charge is 0.481 e. The van der Waals surface area contributed by atoms with Crippen LogP contribution in [0.3, 0.4) is 0 Å². The van der Waals surface area contributed by atoms with Gasteiger partial charge in [0, 0.05) is 6.54 Å². The van der Waals surface area contributed by atoms with Gasteiger partial charge < -0.3 is 10.0 Å². The number of aliphatic carboxylic acids is 1. The minimum absolute atomic E-state index is 0.495. The number of rotatable bonds is 5. The first-order valence-electron chi connectivity index (χ1n) is 7.56. The van der Waals surface area contributed by atoms with Gasteiger partial charge in [0.15, 0.2) is 0 Å². The first kappa shape index (κ1) is 13.9. The summed E-state index contributed by atoms with van der Waals surface area (Å²) in [5, 5.41) is 9.19. The molecular weight excluding hydrogens is 226 g/mol. The monoisotopic (exact) mass is 253 g/mol. The molecule has 2 rings (SSSR count). The van der Waals surface area contributed by atoms with Gasteiger partial charge in [-0.2, -0.15) is 0 Å². The molecule has 1 atom stereocenters. The van der Waals surface area contributed by atoms with Crippen LogP contribution < -0.4 is 0 Å². The molecule has 18 heavy (non-hydrogen) atoms.